The third-order valence-corrected chi connectivity index (χ3v) is 19.5. The molecule has 17 unspecified atom stereocenters. The van der Waals surface area contributed by atoms with Crippen LogP contribution < -0.4 is 16.0 Å². The molecule has 0 bridgehead atoms. The van der Waals surface area contributed by atoms with Crippen molar-refractivity contribution in [2.75, 3.05) is 0 Å². The van der Waals surface area contributed by atoms with Gasteiger partial charge in [0.2, 0.25) is 0 Å². The minimum Gasteiger partial charge on any atom is -0.294 e. The Kier molecular flexibility index (Phi) is 11.3. The molecule has 10 aliphatic rings. The molecule has 18 atom stereocenters. The summed E-state index contributed by atoms with van der Waals surface area (Å²) >= 11 is 0. The highest BCUT2D eigenvalue weighted by molar-refractivity contribution is 5.14. The molecule has 0 aromatic carbocycles. The SMILES string of the molecule is CC1C=CC(C2NC(NC3CCC(C4CCC5C(C4)C4CCCCC4N5C4CC=CCC4)CC3C3(C)CCCCC3)NC3C2CC(C)C2C=CCC[C@H]23)CC1. The second kappa shape index (κ2) is 16.3. The summed E-state index contributed by atoms with van der Waals surface area (Å²) in [6.45, 7) is 7.77. The van der Waals surface area contributed by atoms with Gasteiger partial charge in [-0.15, -0.1) is 0 Å². The summed E-state index contributed by atoms with van der Waals surface area (Å²) in [5.41, 5.74) is 0.497. The number of allylic oxidation sites excluding steroid dienone is 4. The van der Waals surface area contributed by atoms with E-state index in [1.165, 1.54) is 141 Å². The van der Waals surface area contributed by atoms with Gasteiger partial charge in [0, 0.05) is 36.3 Å². The molecule has 7 fully saturated rings. The standard InChI is InChI=1S/C51H82N4/c1-33-20-22-35(23-21-33)48-43-30-34(2)39-16-8-9-18-41(39)49(43)54-50(53-48)52-45-26-24-37(32-44(45)51(3)28-12-5-13-29-51)36-25-27-47-42(31-36)40-17-10-11-19-46(40)55(47)38-14-6-4-7-15-38/h4,6,8,16,20,22,33-50,52-54H,5,7,9-15,17-19,21,23-32H2,1-3H3/t33?,34?,35?,36?,37?,38?,39?,40?,41-,42?,43?,44?,45?,46?,47?,48?,49?,50?/m1/s1. The van der Waals surface area contributed by atoms with Gasteiger partial charge in [0.1, 0.15) is 6.29 Å². The fraction of sp³-hybridized carbons (Fsp3) is 0.882. The van der Waals surface area contributed by atoms with Crippen LogP contribution in [0.25, 0.3) is 0 Å². The zero-order chi connectivity index (χ0) is 37.1. The summed E-state index contributed by atoms with van der Waals surface area (Å²) in [5.74, 6) is 9.25. The van der Waals surface area contributed by atoms with Crippen molar-refractivity contribution in [2.24, 2.45) is 70.5 Å². The first-order chi connectivity index (χ1) is 26.9. The number of hydrogen-bond donors (Lipinski definition) is 3. The zero-order valence-electron chi connectivity index (χ0n) is 35.6. The number of hydrogen-bond acceptors (Lipinski definition) is 4. The Bertz CT molecular complexity index is 1390. The average molecular weight is 751 g/mol. The van der Waals surface area contributed by atoms with E-state index in [0.717, 1.165) is 77.3 Å². The predicted molar refractivity (Wildman–Crippen MR) is 229 cm³/mol. The third kappa shape index (κ3) is 7.36. The van der Waals surface area contributed by atoms with E-state index in [9.17, 15) is 0 Å². The molecule has 4 nitrogen and oxygen atoms in total. The Morgan fingerprint density at radius 3 is 2.25 bits per heavy atom. The highest BCUT2D eigenvalue weighted by Crippen LogP contribution is 2.57. The minimum atomic E-state index is 0.244. The van der Waals surface area contributed by atoms with Crippen molar-refractivity contribution in [2.45, 2.75) is 211 Å². The summed E-state index contributed by atoms with van der Waals surface area (Å²) in [6, 6.07) is 4.51. The Morgan fingerprint density at radius 2 is 1.42 bits per heavy atom. The van der Waals surface area contributed by atoms with Gasteiger partial charge in [-0.25, -0.2) is 0 Å². The van der Waals surface area contributed by atoms with Gasteiger partial charge in [0.05, 0.1) is 0 Å². The van der Waals surface area contributed by atoms with Crippen molar-refractivity contribution in [3.63, 3.8) is 0 Å². The van der Waals surface area contributed by atoms with E-state index >= 15 is 0 Å². The van der Waals surface area contributed by atoms with Crippen molar-refractivity contribution in [1.82, 2.24) is 20.9 Å². The molecule has 10 rings (SSSR count). The average Bonchev–Trinajstić information content (AvgIpc) is 3.56. The lowest BCUT2D eigenvalue weighted by Gasteiger charge is -2.57. The van der Waals surface area contributed by atoms with Crippen LogP contribution in [-0.2, 0) is 0 Å². The lowest BCUT2D eigenvalue weighted by molar-refractivity contribution is -0.0232. The van der Waals surface area contributed by atoms with Gasteiger partial charge in [-0.3, -0.25) is 20.9 Å². The highest BCUT2D eigenvalue weighted by Gasteiger charge is 2.55. The summed E-state index contributed by atoms with van der Waals surface area (Å²) in [4.78, 5) is 3.20. The molecular weight excluding hydrogens is 669 g/mol. The van der Waals surface area contributed by atoms with Crippen molar-refractivity contribution in [1.29, 1.82) is 0 Å². The smallest absolute Gasteiger partial charge is 0.112 e. The van der Waals surface area contributed by atoms with Gasteiger partial charge < -0.3 is 0 Å². The van der Waals surface area contributed by atoms with Crippen molar-refractivity contribution in [3.8, 4) is 0 Å². The molecule has 0 spiro atoms. The second-order valence-electron chi connectivity index (χ2n) is 22.4. The molecule has 55 heavy (non-hydrogen) atoms. The molecule has 2 aliphatic heterocycles. The third-order valence-electron chi connectivity index (χ3n) is 19.5. The van der Waals surface area contributed by atoms with Gasteiger partial charge in [-0.2, -0.15) is 0 Å². The first-order valence-electron chi connectivity index (χ1n) is 25.0. The molecule has 3 N–H and O–H groups in total. The molecule has 4 heteroatoms. The first kappa shape index (κ1) is 38.3. The van der Waals surface area contributed by atoms with Crippen LogP contribution in [0, 0.1) is 70.5 Å². The quantitative estimate of drug-likeness (QED) is 0.236. The van der Waals surface area contributed by atoms with E-state index in [4.69, 9.17) is 0 Å². The first-order valence-corrected chi connectivity index (χ1v) is 25.0. The molecule has 8 aliphatic carbocycles. The maximum absolute atomic E-state index is 4.51. The van der Waals surface area contributed by atoms with E-state index in [1.54, 1.807) is 6.42 Å². The maximum Gasteiger partial charge on any atom is 0.112 e. The van der Waals surface area contributed by atoms with E-state index < -0.39 is 0 Å². The van der Waals surface area contributed by atoms with E-state index in [1.807, 2.05) is 0 Å². The minimum absolute atomic E-state index is 0.244. The number of likely N-dealkylation sites (tertiary alicyclic amines) is 1. The van der Waals surface area contributed by atoms with Crippen LogP contribution in [0.2, 0.25) is 0 Å². The number of nitrogens with one attached hydrogen (secondary N) is 3. The van der Waals surface area contributed by atoms with E-state index in [2.05, 4.69) is 78.1 Å². The molecule has 2 heterocycles. The largest absolute Gasteiger partial charge is 0.294 e. The Hall–Kier alpha value is -0.940. The fourth-order valence-electron chi connectivity index (χ4n) is 16.8. The molecular formula is C51H82N4. The monoisotopic (exact) mass is 751 g/mol. The topological polar surface area (TPSA) is 39.3 Å². The van der Waals surface area contributed by atoms with Gasteiger partial charge >= 0.3 is 0 Å². The number of rotatable bonds is 6. The fourth-order valence-corrected chi connectivity index (χ4v) is 16.8. The summed E-state index contributed by atoms with van der Waals surface area (Å²) in [6.07, 6.45) is 48.7. The van der Waals surface area contributed by atoms with E-state index in [0.29, 0.717) is 29.5 Å². The summed E-state index contributed by atoms with van der Waals surface area (Å²) < 4.78 is 0. The Morgan fingerprint density at radius 1 is 0.618 bits per heavy atom. The zero-order valence-corrected chi connectivity index (χ0v) is 35.6. The number of fused-ring (bicyclic) bond motifs is 6. The lowest BCUT2D eigenvalue weighted by Crippen LogP contribution is -2.74. The molecule has 0 amide bonds. The lowest BCUT2D eigenvalue weighted by atomic mass is 9.56. The Balaban J connectivity index is 0.875. The number of nitrogens with zero attached hydrogens (tertiary/aromatic N) is 1. The molecule has 5 saturated carbocycles. The summed E-state index contributed by atoms with van der Waals surface area (Å²) in [5, 5.41) is 13.3. The van der Waals surface area contributed by atoms with Crippen LogP contribution in [-0.4, -0.2) is 47.4 Å². The molecule has 0 aromatic rings. The molecule has 0 aromatic heterocycles. The van der Waals surface area contributed by atoms with Gasteiger partial charge in [-0.1, -0.05) is 89.3 Å². The van der Waals surface area contributed by atoms with Crippen LogP contribution in [0.15, 0.2) is 36.5 Å². The van der Waals surface area contributed by atoms with Crippen LogP contribution in [0.5, 0.6) is 0 Å². The van der Waals surface area contributed by atoms with Crippen LogP contribution in [0.1, 0.15) is 168 Å². The molecule has 306 valence electrons. The van der Waals surface area contributed by atoms with Gasteiger partial charge in [0.25, 0.3) is 0 Å². The molecule has 2 saturated heterocycles. The Labute approximate surface area is 337 Å². The summed E-state index contributed by atoms with van der Waals surface area (Å²) in [7, 11) is 0. The van der Waals surface area contributed by atoms with Gasteiger partial charge in [-0.05, 0) is 186 Å². The van der Waals surface area contributed by atoms with Crippen LogP contribution >= 0.6 is 0 Å². The highest BCUT2D eigenvalue weighted by atomic mass is 15.3. The van der Waals surface area contributed by atoms with Crippen LogP contribution in [0.4, 0.5) is 0 Å². The van der Waals surface area contributed by atoms with Crippen LogP contribution in [0.3, 0.4) is 0 Å². The molecule has 0 radical (unpaired) electrons. The van der Waals surface area contributed by atoms with Crippen molar-refractivity contribution >= 4 is 0 Å². The van der Waals surface area contributed by atoms with Crippen molar-refractivity contribution in [3.05, 3.63) is 36.5 Å². The normalized spacial score (nSPS) is 51.1. The predicted octanol–water partition coefficient (Wildman–Crippen LogP) is 11.2. The second-order valence-corrected chi connectivity index (χ2v) is 22.4. The van der Waals surface area contributed by atoms with E-state index in [-0.39, 0.29) is 6.29 Å². The van der Waals surface area contributed by atoms with Gasteiger partial charge in [0.15, 0.2) is 0 Å². The van der Waals surface area contributed by atoms with Crippen molar-refractivity contribution < 1.29 is 0 Å². The maximum atomic E-state index is 4.51.